The van der Waals surface area contributed by atoms with Gasteiger partial charge in [0.15, 0.2) is 5.41 Å². The molecule has 0 aliphatic rings. The lowest BCUT2D eigenvalue weighted by molar-refractivity contribution is -0.182. The highest BCUT2D eigenvalue weighted by atomic mass is 16.6. The van der Waals surface area contributed by atoms with Crippen LogP contribution in [0.5, 0.6) is 0 Å². The van der Waals surface area contributed by atoms with E-state index in [-0.39, 0.29) is 18.5 Å². The first-order valence-electron chi connectivity index (χ1n) is 24.9. The molecule has 0 radical (unpaired) electrons. The lowest BCUT2D eigenvalue weighted by Crippen LogP contribution is -2.44. The SMILES string of the molecule is CC(C)(C)OC(=O)C(CCCCCCCCCCCCCC(=O)OCc1ccccc1)(CCCCCCCCCCCCCC(=O)OCc1ccccc1)C(=O)OCc1ccccc1. The fourth-order valence-electron chi connectivity index (χ4n) is 8.05. The van der Waals surface area contributed by atoms with E-state index in [1.165, 1.54) is 51.4 Å². The molecule has 0 aliphatic carbocycles. The van der Waals surface area contributed by atoms with Crippen LogP contribution in [0.1, 0.15) is 204 Å². The molecule has 0 amide bonds. The lowest BCUT2D eigenvalue weighted by Gasteiger charge is -2.33. The van der Waals surface area contributed by atoms with Gasteiger partial charge < -0.3 is 18.9 Å². The van der Waals surface area contributed by atoms with Crippen molar-refractivity contribution in [3.05, 3.63) is 108 Å². The molecule has 8 heteroatoms. The van der Waals surface area contributed by atoms with Gasteiger partial charge in [-0.1, -0.05) is 219 Å². The first-order valence-corrected chi connectivity index (χ1v) is 24.9. The Labute approximate surface area is 387 Å². The molecule has 0 saturated heterocycles. The summed E-state index contributed by atoms with van der Waals surface area (Å²) in [5, 5.41) is 0. The number of rotatable bonds is 36. The largest absolute Gasteiger partial charge is 0.461 e. The smallest absolute Gasteiger partial charge is 0.324 e. The molecule has 0 atom stereocenters. The maximum atomic E-state index is 14.1. The summed E-state index contributed by atoms with van der Waals surface area (Å²) < 4.78 is 22.7. The average Bonchev–Trinajstić information content (AvgIpc) is 3.29. The molecular formula is C56H82O8. The quantitative estimate of drug-likeness (QED) is 0.0246. The number of unbranched alkanes of at least 4 members (excludes halogenated alkanes) is 20. The average molecular weight is 883 g/mol. The second-order valence-corrected chi connectivity index (χ2v) is 18.7. The Kier molecular flexibility index (Phi) is 27.9. The van der Waals surface area contributed by atoms with Crippen LogP contribution in [-0.4, -0.2) is 29.5 Å². The second-order valence-electron chi connectivity index (χ2n) is 18.7. The maximum absolute atomic E-state index is 14.1. The van der Waals surface area contributed by atoms with Gasteiger partial charge in [-0.15, -0.1) is 0 Å². The normalized spacial score (nSPS) is 11.5. The summed E-state index contributed by atoms with van der Waals surface area (Å²) in [5.41, 5.74) is 0.888. The molecule has 0 spiro atoms. The standard InChI is InChI=1S/C56H82O8/c1-55(2,3)64-54(60)56(53(59)63-47-50-39-29-24-30-40-50,43-33-20-16-12-8-4-6-10-14-18-31-41-51(57)61-45-48-35-25-22-26-36-48)44-34-21-17-13-9-5-7-11-15-19-32-42-52(58)62-46-49-37-27-23-28-38-49/h22-30,35-40H,4-21,31-34,41-47H2,1-3H3. The molecule has 8 nitrogen and oxygen atoms in total. The third-order valence-corrected chi connectivity index (χ3v) is 11.8. The van der Waals surface area contributed by atoms with Crippen LogP contribution in [0.25, 0.3) is 0 Å². The molecule has 0 saturated carbocycles. The van der Waals surface area contributed by atoms with E-state index in [1.54, 1.807) is 0 Å². The van der Waals surface area contributed by atoms with Crippen molar-refractivity contribution in [3.8, 4) is 0 Å². The Bertz CT molecular complexity index is 1590. The summed E-state index contributed by atoms with van der Waals surface area (Å²) in [4.78, 5) is 52.3. The van der Waals surface area contributed by atoms with Crippen LogP contribution in [0.2, 0.25) is 0 Å². The number of carbonyl (C=O) groups excluding carboxylic acids is 4. The predicted molar refractivity (Wildman–Crippen MR) is 257 cm³/mol. The van der Waals surface area contributed by atoms with Gasteiger partial charge in [-0.25, -0.2) is 0 Å². The molecule has 0 N–H and O–H groups in total. The minimum atomic E-state index is -1.32. The molecule has 0 bridgehead atoms. The molecule has 354 valence electrons. The van der Waals surface area contributed by atoms with E-state index in [1.807, 2.05) is 112 Å². The number of carbonyl (C=O) groups is 4. The van der Waals surface area contributed by atoms with Gasteiger partial charge >= 0.3 is 23.9 Å². The van der Waals surface area contributed by atoms with Gasteiger partial charge in [0.25, 0.3) is 0 Å². The third-order valence-electron chi connectivity index (χ3n) is 11.8. The number of benzene rings is 3. The van der Waals surface area contributed by atoms with Crippen molar-refractivity contribution in [2.45, 2.75) is 213 Å². The van der Waals surface area contributed by atoms with Crippen LogP contribution in [0.4, 0.5) is 0 Å². The minimum Gasteiger partial charge on any atom is -0.461 e. The van der Waals surface area contributed by atoms with Crippen LogP contribution in [-0.2, 0) is 57.9 Å². The van der Waals surface area contributed by atoms with Crippen molar-refractivity contribution in [3.63, 3.8) is 0 Å². The molecule has 3 aromatic carbocycles. The summed E-state index contributed by atoms with van der Waals surface area (Å²) >= 11 is 0. The molecule has 0 fully saturated rings. The Balaban J connectivity index is 1.33. The summed E-state index contributed by atoms with van der Waals surface area (Å²) in [7, 11) is 0. The van der Waals surface area contributed by atoms with Crippen LogP contribution < -0.4 is 0 Å². The van der Waals surface area contributed by atoms with Crippen molar-refractivity contribution in [2.24, 2.45) is 5.41 Å². The molecular weight excluding hydrogens is 801 g/mol. The van der Waals surface area contributed by atoms with E-state index in [0.717, 1.165) is 107 Å². The number of hydrogen-bond acceptors (Lipinski definition) is 8. The third kappa shape index (κ3) is 25.1. The van der Waals surface area contributed by atoms with E-state index < -0.39 is 23.0 Å². The Morgan fingerprint density at radius 1 is 0.359 bits per heavy atom. The van der Waals surface area contributed by atoms with E-state index in [4.69, 9.17) is 18.9 Å². The monoisotopic (exact) mass is 883 g/mol. The van der Waals surface area contributed by atoms with Gasteiger partial charge in [-0.2, -0.15) is 0 Å². The van der Waals surface area contributed by atoms with Crippen LogP contribution in [0.15, 0.2) is 91.0 Å². The summed E-state index contributed by atoms with van der Waals surface area (Å²) in [5.74, 6) is -1.15. The number of hydrogen-bond donors (Lipinski definition) is 0. The Morgan fingerprint density at radius 2 is 0.641 bits per heavy atom. The van der Waals surface area contributed by atoms with Gasteiger partial charge in [0.05, 0.1) is 0 Å². The first-order chi connectivity index (χ1) is 31.1. The maximum Gasteiger partial charge on any atom is 0.324 e. The van der Waals surface area contributed by atoms with Gasteiger partial charge in [-0.05, 0) is 63.1 Å². The van der Waals surface area contributed by atoms with E-state index in [2.05, 4.69) is 0 Å². The zero-order valence-corrected chi connectivity index (χ0v) is 39.9. The molecule has 0 aromatic heterocycles. The van der Waals surface area contributed by atoms with Gasteiger partial charge in [-0.3, -0.25) is 19.2 Å². The van der Waals surface area contributed by atoms with Crippen LogP contribution in [0, 0.1) is 5.41 Å². The molecule has 0 heterocycles. The van der Waals surface area contributed by atoms with Gasteiger partial charge in [0.2, 0.25) is 0 Å². The fourth-order valence-corrected chi connectivity index (χ4v) is 8.05. The minimum absolute atomic E-state index is 0.119. The number of ether oxygens (including phenoxy) is 4. The Morgan fingerprint density at radius 3 is 0.953 bits per heavy atom. The predicted octanol–water partition coefficient (Wildman–Crippen LogP) is 14.7. The van der Waals surface area contributed by atoms with Gasteiger partial charge in [0, 0.05) is 12.8 Å². The topological polar surface area (TPSA) is 105 Å². The van der Waals surface area contributed by atoms with Crippen LogP contribution >= 0.6 is 0 Å². The second kappa shape index (κ2) is 33.1. The summed E-state index contributed by atoms with van der Waals surface area (Å²) in [6.07, 6.45) is 25.3. The molecule has 64 heavy (non-hydrogen) atoms. The summed E-state index contributed by atoms with van der Waals surface area (Å²) in [6.45, 7) is 6.40. The van der Waals surface area contributed by atoms with Gasteiger partial charge in [0.1, 0.15) is 25.4 Å². The highest BCUT2D eigenvalue weighted by Gasteiger charge is 2.49. The molecule has 0 aliphatic heterocycles. The summed E-state index contributed by atoms with van der Waals surface area (Å²) in [6, 6.07) is 29.2. The molecule has 3 aromatic rings. The highest BCUT2D eigenvalue weighted by Crippen LogP contribution is 2.37. The highest BCUT2D eigenvalue weighted by molar-refractivity contribution is 6.00. The van der Waals surface area contributed by atoms with Crippen molar-refractivity contribution in [2.75, 3.05) is 0 Å². The van der Waals surface area contributed by atoms with Crippen molar-refractivity contribution >= 4 is 23.9 Å². The zero-order valence-electron chi connectivity index (χ0n) is 39.9. The van der Waals surface area contributed by atoms with Crippen LogP contribution in [0.3, 0.4) is 0 Å². The van der Waals surface area contributed by atoms with E-state index >= 15 is 0 Å². The molecule has 3 rings (SSSR count). The van der Waals surface area contributed by atoms with Crippen molar-refractivity contribution in [1.29, 1.82) is 0 Å². The van der Waals surface area contributed by atoms with Crippen molar-refractivity contribution in [1.82, 2.24) is 0 Å². The first kappa shape index (κ1) is 53.9. The van der Waals surface area contributed by atoms with E-state index in [9.17, 15) is 19.2 Å². The fraction of sp³-hybridized carbons (Fsp3) is 0.607. The molecule has 0 unspecified atom stereocenters. The Hall–Kier alpha value is -4.46. The lowest BCUT2D eigenvalue weighted by atomic mass is 9.77. The van der Waals surface area contributed by atoms with E-state index in [0.29, 0.717) is 38.9 Å². The van der Waals surface area contributed by atoms with Crippen molar-refractivity contribution < 1.29 is 38.1 Å². The zero-order chi connectivity index (χ0) is 46.0. The number of esters is 4.